The molecular weight excluding hydrogens is 362 g/mol. The molecule has 0 amide bonds. The van der Waals surface area contributed by atoms with E-state index in [2.05, 4.69) is 72.5 Å². The molecule has 2 rings (SSSR count). The van der Waals surface area contributed by atoms with Gasteiger partial charge in [0, 0.05) is 29.3 Å². The van der Waals surface area contributed by atoms with Crippen LogP contribution in [0.4, 0.5) is 0 Å². The van der Waals surface area contributed by atoms with Gasteiger partial charge in [0.1, 0.15) is 0 Å². The Morgan fingerprint density at radius 2 is 2.07 bits per heavy atom. The third-order valence-corrected chi connectivity index (χ3v) is 4.92. The SMILES string of the molecule is C=CC(=C)/N=C\C=C/C(=C)C(=N\C)/C1=C/Cc2ccc(C)cc2SC(=C)/C=N\1. The first kappa shape index (κ1) is 21.3. The molecular formula is C24H25N3S. The zero-order chi connectivity index (χ0) is 20.5. The van der Waals surface area contributed by atoms with E-state index in [1.165, 1.54) is 16.0 Å². The normalized spacial score (nSPS) is 18.0. The predicted molar refractivity (Wildman–Crippen MR) is 126 cm³/mol. The van der Waals surface area contributed by atoms with Crippen LogP contribution in [0.15, 0.2) is 111 Å². The van der Waals surface area contributed by atoms with E-state index in [9.17, 15) is 0 Å². The minimum Gasteiger partial charge on any atom is -0.286 e. The van der Waals surface area contributed by atoms with Crippen LogP contribution in [0.2, 0.25) is 0 Å². The van der Waals surface area contributed by atoms with Crippen LogP contribution in [0.3, 0.4) is 0 Å². The predicted octanol–water partition coefficient (Wildman–Crippen LogP) is 6.07. The number of rotatable bonds is 6. The lowest BCUT2D eigenvalue weighted by atomic mass is 10.0. The van der Waals surface area contributed by atoms with E-state index in [1.54, 1.807) is 43.4 Å². The van der Waals surface area contributed by atoms with E-state index in [1.807, 2.05) is 6.08 Å². The molecule has 4 heteroatoms. The largest absolute Gasteiger partial charge is 0.286 e. The van der Waals surface area contributed by atoms with Gasteiger partial charge in [-0.2, -0.15) is 0 Å². The molecule has 1 aliphatic heterocycles. The minimum atomic E-state index is 0.605. The molecule has 1 aliphatic rings. The van der Waals surface area contributed by atoms with Crippen LogP contribution in [0.5, 0.6) is 0 Å². The van der Waals surface area contributed by atoms with Crippen LogP contribution in [-0.4, -0.2) is 25.2 Å². The highest BCUT2D eigenvalue weighted by atomic mass is 32.2. The summed E-state index contributed by atoms with van der Waals surface area (Å²) in [5, 5.41) is 0. The Kier molecular flexibility index (Phi) is 7.90. The van der Waals surface area contributed by atoms with Crippen molar-refractivity contribution in [3.8, 4) is 0 Å². The van der Waals surface area contributed by atoms with Crippen molar-refractivity contribution in [2.75, 3.05) is 7.05 Å². The van der Waals surface area contributed by atoms with Gasteiger partial charge < -0.3 is 0 Å². The number of hydrogen-bond acceptors (Lipinski definition) is 4. The van der Waals surface area contributed by atoms with Crippen LogP contribution >= 0.6 is 11.8 Å². The second kappa shape index (κ2) is 10.4. The summed E-state index contributed by atoms with van der Waals surface area (Å²) >= 11 is 1.64. The van der Waals surface area contributed by atoms with E-state index < -0.39 is 0 Å². The number of nitrogens with zero attached hydrogens (tertiary/aromatic N) is 3. The average molecular weight is 388 g/mol. The number of benzene rings is 1. The molecule has 0 fully saturated rings. The summed E-state index contributed by atoms with van der Waals surface area (Å²) in [6.45, 7) is 17.7. The van der Waals surface area contributed by atoms with Crippen molar-refractivity contribution in [1.82, 2.24) is 0 Å². The first-order valence-corrected chi connectivity index (χ1v) is 9.65. The Labute approximate surface area is 172 Å². The fourth-order valence-corrected chi connectivity index (χ4v) is 3.42. The van der Waals surface area contributed by atoms with Gasteiger partial charge in [-0.05, 0) is 48.3 Å². The Balaban J connectivity index is 2.29. The molecule has 0 bridgehead atoms. The lowest BCUT2D eigenvalue weighted by Gasteiger charge is -2.08. The molecule has 0 radical (unpaired) electrons. The third kappa shape index (κ3) is 6.03. The highest BCUT2D eigenvalue weighted by Gasteiger charge is 2.11. The molecule has 0 aliphatic carbocycles. The maximum absolute atomic E-state index is 4.62. The van der Waals surface area contributed by atoms with Crippen molar-refractivity contribution in [2.45, 2.75) is 18.2 Å². The third-order valence-electron chi connectivity index (χ3n) is 3.96. The number of allylic oxidation sites excluding steroid dienone is 6. The van der Waals surface area contributed by atoms with Gasteiger partial charge in [0.25, 0.3) is 0 Å². The zero-order valence-corrected chi connectivity index (χ0v) is 17.3. The maximum atomic E-state index is 4.62. The van der Waals surface area contributed by atoms with Crippen molar-refractivity contribution in [3.05, 3.63) is 102 Å². The monoisotopic (exact) mass is 387 g/mol. The second-order valence-electron chi connectivity index (χ2n) is 6.16. The highest BCUT2D eigenvalue weighted by Crippen LogP contribution is 2.31. The Hall–Kier alpha value is -2.98. The van der Waals surface area contributed by atoms with Crippen molar-refractivity contribution in [1.29, 1.82) is 0 Å². The molecule has 0 aromatic heterocycles. The van der Waals surface area contributed by atoms with Gasteiger partial charge in [0.2, 0.25) is 0 Å². The van der Waals surface area contributed by atoms with Gasteiger partial charge in [0.05, 0.1) is 17.1 Å². The molecule has 0 spiro atoms. The number of aliphatic imine (C=N–C) groups is 3. The van der Waals surface area contributed by atoms with E-state index in [-0.39, 0.29) is 0 Å². The Bertz CT molecular complexity index is 956. The molecule has 1 heterocycles. The van der Waals surface area contributed by atoms with Crippen molar-refractivity contribution >= 4 is 29.9 Å². The standard InChI is InChI=1S/C24H25N3S/c1-7-19(4)26-14-8-9-18(3)24(25-6)22-13-12-21-11-10-17(2)15-23(21)28-20(5)16-27-22/h7-11,13-16H,1,3-5,12H2,2,6H3/b9-8-,22-13-,25-24+,26-14-,27-16-. The number of aryl methyl sites for hydroxylation is 1. The summed E-state index contributed by atoms with van der Waals surface area (Å²) in [5.74, 6) is 0. The molecule has 0 saturated heterocycles. The molecule has 1 aromatic rings. The summed E-state index contributed by atoms with van der Waals surface area (Å²) < 4.78 is 0. The molecule has 3 nitrogen and oxygen atoms in total. The first-order valence-electron chi connectivity index (χ1n) is 8.83. The summed E-state index contributed by atoms with van der Waals surface area (Å²) in [4.78, 5) is 15.3. The number of hydrogen-bond donors (Lipinski definition) is 0. The fraction of sp³-hybridized carbons (Fsp3) is 0.125. The topological polar surface area (TPSA) is 37.1 Å². The van der Waals surface area contributed by atoms with E-state index in [0.717, 1.165) is 28.3 Å². The summed E-state index contributed by atoms with van der Waals surface area (Å²) in [5.41, 5.74) is 5.34. The number of thioether (sulfide) groups is 1. The van der Waals surface area contributed by atoms with Crippen LogP contribution < -0.4 is 0 Å². The molecule has 1 aromatic carbocycles. The van der Waals surface area contributed by atoms with E-state index in [0.29, 0.717) is 5.70 Å². The van der Waals surface area contributed by atoms with Crippen LogP contribution in [0.1, 0.15) is 11.1 Å². The zero-order valence-electron chi connectivity index (χ0n) is 16.5. The van der Waals surface area contributed by atoms with E-state index >= 15 is 0 Å². The fourth-order valence-electron chi connectivity index (χ4n) is 2.50. The van der Waals surface area contributed by atoms with Crippen LogP contribution in [-0.2, 0) is 6.42 Å². The van der Waals surface area contributed by atoms with E-state index in [4.69, 9.17) is 0 Å². The molecule has 0 saturated carbocycles. The molecule has 142 valence electrons. The van der Waals surface area contributed by atoms with Crippen LogP contribution in [0.25, 0.3) is 0 Å². The van der Waals surface area contributed by atoms with Crippen molar-refractivity contribution in [3.63, 3.8) is 0 Å². The average Bonchev–Trinajstić information content (AvgIpc) is 2.75. The second-order valence-corrected chi connectivity index (χ2v) is 7.33. The Morgan fingerprint density at radius 3 is 2.79 bits per heavy atom. The van der Waals surface area contributed by atoms with Gasteiger partial charge in [-0.1, -0.05) is 62.4 Å². The summed E-state index contributed by atoms with van der Waals surface area (Å²) in [7, 11) is 1.74. The first-order chi connectivity index (χ1) is 13.4. The van der Waals surface area contributed by atoms with Gasteiger partial charge in [-0.25, -0.2) is 0 Å². The highest BCUT2D eigenvalue weighted by molar-refractivity contribution is 8.04. The van der Waals surface area contributed by atoms with Gasteiger partial charge in [-0.3, -0.25) is 15.0 Å². The smallest absolute Gasteiger partial charge is 0.0890 e. The van der Waals surface area contributed by atoms with Crippen molar-refractivity contribution < 1.29 is 0 Å². The van der Waals surface area contributed by atoms with Gasteiger partial charge in [-0.15, -0.1) is 0 Å². The van der Waals surface area contributed by atoms with Crippen LogP contribution in [0, 0.1) is 6.92 Å². The van der Waals surface area contributed by atoms with Gasteiger partial charge in [0.15, 0.2) is 0 Å². The molecule has 0 unspecified atom stereocenters. The summed E-state index contributed by atoms with van der Waals surface area (Å²) in [6.07, 6.45) is 11.5. The Morgan fingerprint density at radius 1 is 1.29 bits per heavy atom. The minimum absolute atomic E-state index is 0.605. The quantitative estimate of drug-likeness (QED) is 0.431. The molecule has 0 N–H and O–H groups in total. The molecule has 28 heavy (non-hydrogen) atoms. The summed E-state index contributed by atoms with van der Waals surface area (Å²) in [6, 6.07) is 6.47. The van der Waals surface area contributed by atoms with Crippen molar-refractivity contribution in [2.24, 2.45) is 15.0 Å². The number of fused-ring (bicyclic) bond motifs is 1. The lowest BCUT2D eigenvalue weighted by molar-refractivity contribution is 1.15. The van der Waals surface area contributed by atoms with Gasteiger partial charge >= 0.3 is 0 Å². The molecule has 0 atom stereocenters. The maximum Gasteiger partial charge on any atom is 0.0890 e. The lowest BCUT2D eigenvalue weighted by Crippen LogP contribution is -2.04.